The fraction of sp³-hybridized carbons (Fsp3) is 0.500. The Morgan fingerprint density at radius 2 is 1.83 bits per heavy atom. The van der Waals surface area contributed by atoms with Crippen LogP contribution < -0.4 is 5.46 Å². The Balaban J connectivity index is 2.24. The van der Waals surface area contributed by atoms with Crippen molar-refractivity contribution in [3.05, 3.63) is 35.4 Å². The molecule has 0 aliphatic carbocycles. The Kier molecular flexibility index (Phi) is 5.02. The second-order valence-electron chi connectivity index (χ2n) is 6.79. The first-order valence-corrected chi connectivity index (χ1v) is 7.97. The average Bonchev–Trinajstić information content (AvgIpc) is 2.66. The Morgan fingerprint density at radius 1 is 1.22 bits per heavy atom. The maximum Gasteiger partial charge on any atom is 0.495 e. The highest BCUT2D eigenvalue weighted by molar-refractivity contribution is 6.62. The lowest BCUT2D eigenvalue weighted by Gasteiger charge is -2.32. The molecule has 1 heterocycles. The zero-order chi connectivity index (χ0) is 17.3. The predicted molar refractivity (Wildman–Crippen MR) is 92.6 cm³/mol. The molecular formula is C18H25BO4. The SMILES string of the molecule is CCOC(=O)C=Cc1ccc(C)c(B2OC(C)(C)C(C)(C)O2)c1. The molecule has 0 atom stereocenters. The monoisotopic (exact) mass is 316 g/mol. The van der Waals surface area contributed by atoms with E-state index in [2.05, 4.69) is 0 Å². The molecule has 0 radical (unpaired) electrons. The molecule has 1 aliphatic heterocycles. The summed E-state index contributed by atoms with van der Waals surface area (Å²) < 4.78 is 17.1. The first-order valence-electron chi connectivity index (χ1n) is 7.97. The molecule has 23 heavy (non-hydrogen) atoms. The van der Waals surface area contributed by atoms with Crippen molar-refractivity contribution in [2.75, 3.05) is 6.61 Å². The number of aryl methyl sites for hydroxylation is 1. The van der Waals surface area contributed by atoms with E-state index in [-0.39, 0.29) is 17.2 Å². The Bertz CT molecular complexity index is 603. The Morgan fingerprint density at radius 3 is 2.39 bits per heavy atom. The fourth-order valence-electron chi connectivity index (χ4n) is 2.34. The van der Waals surface area contributed by atoms with Crippen LogP contribution in [0.1, 0.15) is 45.7 Å². The van der Waals surface area contributed by atoms with E-state index in [0.717, 1.165) is 16.6 Å². The second-order valence-corrected chi connectivity index (χ2v) is 6.79. The van der Waals surface area contributed by atoms with Gasteiger partial charge in [0.2, 0.25) is 0 Å². The van der Waals surface area contributed by atoms with Crippen molar-refractivity contribution >= 4 is 24.6 Å². The number of benzene rings is 1. The van der Waals surface area contributed by atoms with Gasteiger partial charge in [-0.1, -0.05) is 23.8 Å². The van der Waals surface area contributed by atoms with Crippen LogP contribution in [0.5, 0.6) is 0 Å². The highest BCUT2D eigenvalue weighted by Gasteiger charge is 2.52. The Labute approximate surface area is 139 Å². The third-order valence-corrected chi connectivity index (χ3v) is 4.51. The maximum atomic E-state index is 11.4. The van der Waals surface area contributed by atoms with Crippen LogP contribution in [0.2, 0.25) is 0 Å². The molecule has 0 bridgehead atoms. The van der Waals surface area contributed by atoms with Gasteiger partial charge in [0.1, 0.15) is 0 Å². The molecule has 0 unspecified atom stereocenters. The minimum absolute atomic E-state index is 0.342. The van der Waals surface area contributed by atoms with Gasteiger partial charge < -0.3 is 14.0 Å². The minimum atomic E-state index is -0.407. The summed E-state index contributed by atoms with van der Waals surface area (Å²) in [5.74, 6) is -0.342. The largest absolute Gasteiger partial charge is 0.495 e. The summed E-state index contributed by atoms with van der Waals surface area (Å²) in [6.07, 6.45) is 3.17. The average molecular weight is 316 g/mol. The van der Waals surface area contributed by atoms with E-state index < -0.39 is 7.12 Å². The quantitative estimate of drug-likeness (QED) is 0.487. The summed E-state index contributed by atoms with van der Waals surface area (Å²) in [7, 11) is -0.407. The predicted octanol–water partition coefficient (Wildman–Crippen LogP) is 2.87. The summed E-state index contributed by atoms with van der Waals surface area (Å²) in [5.41, 5.74) is 2.24. The van der Waals surface area contributed by atoms with Gasteiger partial charge in [0.05, 0.1) is 17.8 Å². The maximum absolute atomic E-state index is 11.4. The zero-order valence-corrected chi connectivity index (χ0v) is 14.8. The van der Waals surface area contributed by atoms with Crippen molar-refractivity contribution < 1.29 is 18.8 Å². The lowest BCUT2D eigenvalue weighted by Crippen LogP contribution is -2.41. The van der Waals surface area contributed by atoms with E-state index in [4.69, 9.17) is 14.0 Å². The van der Waals surface area contributed by atoms with Crippen LogP contribution in [-0.4, -0.2) is 30.9 Å². The molecule has 1 fully saturated rings. The van der Waals surface area contributed by atoms with E-state index in [1.807, 2.05) is 52.8 Å². The molecule has 2 rings (SSSR count). The van der Waals surface area contributed by atoms with Crippen LogP contribution in [0.4, 0.5) is 0 Å². The third-order valence-electron chi connectivity index (χ3n) is 4.51. The summed E-state index contributed by atoms with van der Waals surface area (Å²) in [6.45, 7) is 12.3. The van der Waals surface area contributed by atoms with Crippen molar-refractivity contribution in [2.45, 2.75) is 52.7 Å². The number of esters is 1. The van der Waals surface area contributed by atoms with Crippen LogP contribution in [-0.2, 0) is 18.8 Å². The molecule has 1 aliphatic rings. The minimum Gasteiger partial charge on any atom is -0.463 e. The van der Waals surface area contributed by atoms with Crippen LogP contribution in [0.25, 0.3) is 6.08 Å². The lowest BCUT2D eigenvalue weighted by atomic mass is 9.75. The molecule has 1 aromatic rings. The summed E-state index contributed by atoms with van der Waals surface area (Å²) in [5, 5.41) is 0. The van der Waals surface area contributed by atoms with Gasteiger partial charge in [-0.3, -0.25) is 0 Å². The highest BCUT2D eigenvalue weighted by atomic mass is 16.7. The van der Waals surface area contributed by atoms with E-state index in [9.17, 15) is 4.79 Å². The van der Waals surface area contributed by atoms with Gasteiger partial charge in [0, 0.05) is 6.08 Å². The molecule has 1 aromatic carbocycles. The van der Waals surface area contributed by atoms with Crippen molar-refractivity contribution in [1.29, 1.82) is 0 Å². The normalized spacial score (nSPS) is 19.3. The molecule has 1 saturated heterocycles. The number of hydrogen-bond donors (Lipinski definition) is 0. The van der Waals surface area contributed by atoms with Gasteiger partial charge >= 0.3 is 13.1 Å². The Hall–Kier alpha value is -1.59. The number of rotatable bonds is 4. The van der Waals surface area contributed by atoms with E-state index in [0.29, 0.717) is 6.61 Å². The summed E-state index contributed by atoms with van der Waals surface area (Å²) >= 11 is 0. The van der Waals surface area contributed by atoms with Gasteiger partial charge in [-0.25, -0.2) is 4.79 Å². The molecule has 0 amide bonds. The number of carbonyl (C=O) groups is 1. The van der Waals surface area contributed by atoms with Crippen LogP contribution in [0.15, 0.2) is 24.3 Å². The highest BCUT2D eigenvalue weighted by Crippen LogP contribution is 2.36. The second kappa shape index (κ2) is 6.50. The zero-order valence-electron chi connectivity index (χ0n) is 14.8. The lowest BCUT2D eigenvalue weighted by molar-refractivity contribution is -0.137. The van der Waals surface area contributed by atoms with Crippen molar-refractivity contribution in [3.63, 3.8) is 0 Å². The molecular weight excluding hydrogens is 291 g/mol. The standard InChI is InChI=1S/C18H25BO4/c1-7-21-16(20)11-10-14-9-8-13(2)15(12-14)19-22-17(3,4)18(5,6)23-19/h8-12H,7H2,1-6H3. The first-order chi connectivity index (χ1) is 10.7. The topological polar surface area (TPSA) is 44.8 Å². The van der Waals surface area contributed by atoms with Crippen molar-refractivity contribution in [2.24, 2.45) is 0 Å². The van der Waals surface area contributed by atoms with Crippen LogP contribution in [0.3, 0.4) is 0 Å². The molecule has 5 heteroatoms. The number of hydrogen-bond acceptors (Lipinski definition) is 4. The molecule has 0 N–H and O–H groups in total. The van der Waals surface area contributed by atoms with E-state index >= 15 is 0 Å². The van der Waals surface area contributed by atoms with Gasteiger partial charge in [-0.05, 0) is 58.6 Å². The molecule has 0 aromatic heterocycles. The first kappa shape index (κ1) is 17.8. The van der Waals surface area contributed by atoms with Gasteiger partial charge in [-0.15, -0.1) is 0 Å². The summed E-state index contributed by atoms with van der Waals surface area (Å²) in [4.78, 5) is 11.4. The van der Waals surface area contributed by atoms with Crippen molar-refractivity contribution in [3.8, 4) is 0 Å². The van der Waals surface area contributed by atoms with Crippen molar-refractivity contribution in [1.82, 2.24) is 0 Å². The number of carbonyl (C=O) groups excluding carboxylic acids is 1. The molecule has 124 valence electrons. The molecule has 0 spiro atoms. The summed E-state index contributed by atoms with van der Waals surface area (Å²) in [6, 6.07) is 5.96. The van der Waals surface area contributed by atoms with E-state index in [1.165, 1.54) is 6.08 Å². The van der Waals surface area contributed by atoms with E-state index in [1.54, 1.807) is 13.0 Å². The molecule has 0 saturated carbocycles. The smallest absolute Gasteiger partial charge is 0.463 e. The van der Waals surface area contributed by atoms with Gasteiger partial charge in [0.15, 0.2) is 0 Å². The van der Waals surface area contributed by atoms with Crippen LogP contribution >= 0.6 is 0 Å². The fourth-order valence-corrected chi connectivity index (χ4v) is 2.34. The van der Waals surface area contributed by atoms with Gasteiger partial charge in [-0.2, -0.15) is 0 Å². The van der Waals surface area contributed by atoms with Crippen LogP contribution in [0, 0.1) is 6.92 Å². The molecule has 4 nitrogen and oxygen atoms in total. The number of ether oxygens (including phenoxy) is 1. The van der Waals surface area contributed by atoms with Gasteiger partial charge in [0.25, 0.3) is 0 Å². The third kappa shape index (κ3) is 3.85.